The number of rotatable bonds is 3. The maximum Gasteiger partial charge on any atom is 0.496 e. The summed E-state index contributed by atoms with van der Waals surface area (Å²) in [6.07, 6.45) is -2.69. The Kier molecular flexibility index (Phi) is 5.37. The van der Waals surface area contributed by atoms with E-state index in [1.807, 2.05) is 55.4 Å². The molecule has 3 rings (SSSR count). The third kappa shape index (κ3) is 3.58. The second-order valence-corrected chi connectivity index (χ2v) is 10.3. The van der Waals surface area contributed by atoms with Gasteiger partial charge in [-0.1, -0.05) is 22.0 Å². The van der Waals surface area contributed by atoms with E-state index in [-0.39, 0.29) is 5.56 Å². The molecule has 0 saturated carbocycles. The Morgan fingerprint density at radius 3 is 1.43 bits per heavy atom. The molecule has 0 aliphatic carbocycles. The zero-order valence-electron chi connectivity index (χ0n) is 17.7. The van der Waals surface area contributed by atoms with E-state index in [4.69, 9.17) is 18.6 Å². The van der Waals surface area contributed by atoms with Gasteiger partial charge in [-0.2, -0.15) is 0 Å². The summed E-state index contributed by atoms with van der Waals surface area (Å²) in [6, 6.07) is 3.06. The van der Waals surface area contributed by atoms with Gasteiger partial charge in [-0.05, 0) is 72.4 Å². The van der Waals surface area contributed by atoms with Gasteiger partial charge in [-0.15, -0.1) is 0 Å². The van der Waals surface area contributed by atoms with Crippen LogP contribution >= 0.6 is 15.9 Å². The van der Waals surface area contributed by atoms with Gasteiger partial charge >= 0.3 is 14.2 Å². The molecule has 2 aliphatic rings. The highest BCUT2D eigenvalue weighted by Crippen LogP contribution is 2.39. The van der Waals surface area contributed by atoms with Crippen LogP contribution in [0.4, 0.5) is 8.78 Å². The molecule has 0 N–H and O–H groups in total. The maximum atomic E-state index is 14.0. The van der Waals surface area contributed by atoms with Crippen LogP contribution in [0.3, 0.4) is 0 Å². The Morgan fingerprint density at radius 2 is 1.07 bits per heavy atom. The maximum absolute atomic E-state index is 14.0. The van der Waals surface area contributed by atoms with Gasteiger partial charge in [0.25, 0.3) is 6.43 Å². The van der Waals surface area contributed by atoms with Crippen LogP contribution in [0.5, 0.6) is 0 Å². The number of alkyl halides is 2. The summed E-state index contributed by atoms with van der Waals surface area (Å²) in [5, 5.41) is 0. The number of hydrogen-bond acceptors (Lipinski definition) is 4. The van der Waals surface area contributed by atoms with E-state index < -0.39 is 43.1 Å². The minimum Gasteiger partial charge on any atom is -0.399 e. The summed E-state index contributed by atoms with van der Waals surface area (Å²) >= 11 is 3.50. The van der Waals surface area contributed by atoms with Gasteiger partial charge in [0.15, 0.2) is 0 Å². The standard InChI is InChI=1S/C19H27B2BrF2O4/c1-16(2)17(3,4)26-20(25-16)12-10-14(22)13(9-11(12)15(23)24)21-27-18(5,6)19(7,8)28-21/h9-10,15H,1-8H3. The van der Waals surface area contributed by atoms with Crippen LogP contribution in [-0.4, -0.2) is 36.6 Å². The lowest BCUT2D eigenvalue weighted by Crippen LogP contribution is -2.41. The van der Waals surface area contributed by atoms with Gasteiger partial charge < -0.3 is 18.6 Å². The highest BCUT2D eigenvalue weighted by atomic mass is 79.9. The predicted octanol–water partition coefficient (Wildman–Crippen LogP) is 3.99. The van der Waals surface area contributed by atoms with E-state index in [1.54, 1.807) is 6.07 Å². The molecule has 0 spiro atoms. The van der Waals surface area contributed by atoms with Crippen molar-refractivity contribution in [3.63, 3.8) is 0 Å². The Morgan fingerprint density at radius 1 is 0.714 bits per heavy atom. The minimum absolute atomic E-state index is 0.147. The fraction of sp³-hybridized carbons (Fsp3) is 0.684. The molecule has 9 heteroatoms. The molecule has 0 aromatic heterocycles. The SMILES string of the molecule is CC1(C)OB(c2cc(C(F)F)c(B3OC(C)(C)C(C)(C)O3)cc2Br)OC1(C)C. The van der Waals surface area contributed by atoms with Crippen LogP contribution in [0, 0.1) is 0 Å². The predicted molar refractivity (Wildman–Crippen MR) is 111 cm³/mol. The molecule has 1 aromatic rings. The molecular weight excluding hydrogens is 432 g/mol. The van der Waals surface area contributed by atoms with Gasteiger partial charge in [0, 0.05) is 10.0 Å². The van der Waals surface area contributed by atoms with E-state index in [2.05, 4.69) is 15.9 Å². The lowest BCUT2D eigenvalue weighted by molar-refractivity contribution is 0.00578. The second kappa shape index (κ2) is 6.77. The van der Waals surface area contributed by atoms with Crippen molar-refractivity contribution in [3.05, 3.63) is 22.2 Å². The molecule has 0 amide bonds. The minimum atomic E-state index is -2.69. The van der Waals surface area contributed by atoms with Crippen molar-refractivity contribution in [2.75, 3.05) is 0 Å². The molecule has 2 heterocycles. The lowest BCUT2D eigenvalue weighted by atomic mass is 9.71. The average Bonchev–Trinajstić information content (AvgIpc) is 2.86. The van der Waals surface area contributed by atoms with Crippen LogP contribution in [0.15, 0.2) is 16.6 Å². The summed E-state index contributed by atoms with van der Waals surface area (Å²) in [7, 11) is -1.62. The number of benzene rings is 1. The Labute approximate surface area is 175 Å². The van der Waals surface area contributed by atoms with Crippen molar-refractivity contribution < 1.29 is 27.4 Å². The van der Waals surface area contributed by atoms with E-state index in [1.165, 1.54) is 6.07 Å². The molecule has 2 saturated heterocycles. The van der Waals surface area contributed by atoms with Crippen molar-refractivity contribution in [1.29, 1.82) is 0 Å². The first-order valence-corrected chi connectivity index (χ1v) is 10.2. The fourth-order valence-electron chi connectivity index (χ4n) is 3.14. The molecule has 1 aromatic carbocycles. The summed E-state index contributed by atoms with van der Waals surface area (Å²) in [6.45, 7) is 15.3. The van der Waals surface area contributed by atoms with Crippen LogP contribution < -0.4 is 10.9 Å². The summed E-state index contributed by atoms with van der Waals surface area (Å²) < 4.78 is 52.6. The first-order valence-electron chi connectivity index (χ1n) is 9.41. The van der Waals surface area contributed by atoms with E-state index in [0.717, 1.165) is 0 Å². The van der Waals surface area contributed by atoms with Gasteiger partial charge in [0.2, 0.25) is 0 Å². The third-order valence-electron chi connectivity index (χ3n) is 6.45. The zero-order chi connectivity index (χ0) is 21.3. The van der Waals surface area contributed by atoms with Crippen molar-refractivity contribution >= 4 is 41.1 Å². The molecule has 0 radical (unpaired) electrons. The lowest BCUT2D eigenvalue weighted by Gasteiger charge is -2.32. The molecule has 0 atom stereocenters. The normalized spacial score (nSPS) is 25.0. The molecule has 0 unspecified atom stereocenters. The summed E-state index contributed by atoms with van der Waals surface area (Å²) in [5.74, 6) is 0. The first-order chi connectivity index (χ1) is 12.6. The molecule has 28 heavy (non-hydrogen) atoms. The van der Waals surface area contributed by atoms with Gasteiger partial charge in [-0.3, -0.25) is 0 Å². The topological polar surface area (TPSA) is 36.9 Å². The largest absolute Gasteiger partial charge is 0.496 e. The highest BCUT2D eigenvalue weighted by molar-refractivity contribution is 9.10. The highest BCUT2D eigenvalue weighted by Gasteiger charge is 2.54. The first kappa shape index (κ1) is 22.2. The van der Waals surface area contributed by atoms with Crippen LogP contribution in [0.1, 0.15) is 67.4 Å². The second-order valence-electron chi connectivity index (χ2n) is 9.48. The Bertz CT molecular complexity index is 751. The van der Waals surface area contributed by atoms with Crippen molar-refractivity contribution in [2.45, 2.75) is 84.2 Å². The van der Waals surface area contributed by atoms with Gasteiger partial charge in [0.1, 0.15) is 0 Å². The van der Waals surface area contributed by atoms with Gasteiger partial charge in [0.05, 0.1) is 22.4 Å². The molecule has 154 valence electrons. The number of hydrogen-bond donors (Lipinski definition) is 0. The molecule has 4 nitrogen and oxygen atoms in total. The fourth-order valence-corrected chi connectivity index (χ4v) is 3.68. The summed E-state index contributed by atoms with van der Waals surface area (Å²) in [4.78, 5) is 0. The average molecular weight is 459 g/mol. The van der Waals surface area contributed by atoms with E-state index in [0.29, 0.717) is 15.4 Å². The van der Waals surface area contributed by atoms with Crippen molar-refractivity contribution in [1.82, 2.24) is 0 Å². The molecular formula is C19H27B2BrF2O4. The Hall–Kier alpha value is -0.470. The van der Waals surface area contributed by atoms with E-state index in [9.17, 15) is 8.78 Å². The van der Waals surface area contributed by atoms with Crippen LogP contribution in [0.2, 0.25) is 0 Å². The zero-order valence-corrected chi connectivity index (χ0v) is 19.2. The molecule has 2 fully saturated rings. The molecule has 2 aliphatic heterocycles. The van der Waals surface area contributed by atoms with Crippen molar-refractivity contribution in [2.24, 2.45) is 0 Å². The number of halogens is 3. The Balaban J connectivity index is 2.01. The summed E-state index contributed by atoms with van der Waals surface area (Å²) in [5.41, 5.74) is -1.68. The monoisotopic (exact) mass is 458 g/mol. The van der Waals surface area contributed by atoms with E-state index >= 15 is 0 Å². The van der Waals surface area contributed by atoms with Crippen LogP contribution in [0.25, 0.3) is 0 Å². The molecule has 0 bridgehead atoms. The smallest absolute Gasteiger partial charge is 0.399 e. The quantitative estimate of drug-likeness (QED) is 0.642. The third-order valence-corrected chi connectivity index (χ3v) is 7.14. The van der Waals surface area contributed by atoms with Crippen LogP contribution in [-0.2, 0) is 18.6 Å². The van der Waals surface area contributed by atoms with Gasteiger partial charge in [-0.25, -0.2) is 8.78 Å². The van der Waals surface area contributed by atoms with Crippen molar-refractivity contribution in [3.8, 4) is 0 Å².